The Bertz CT molecular complexity index is 753. The lowest BCUT2D eigenvalue weighted by Gasteiger charge is -2.17. The van der Waals surface area contributed by atoms with E-state index in [9.17, 15) is 9.59 Å². The zero-order valence-electron chi connectivity index (χ0n) is 12.1. The van der Waals surface area contributed by atoms with Gasteiger partial charge in [0.1, 0.15) is 5.75 Å². The number of aromatic amines is 1. The molecule has 3 rings (SSSR count). The zero-order chi connectivity index (χ0) is 15.5. The molecule has 1 aromatic heterocycles. The number of H-pyrrole nitrogens is 1. The third-order valence-corrected chi connectivity index (χ3v) is 4.39. The van der Waals surface area contributed by atoms with E-state index in [2.05, 4.69) is 15.5 Å². The fourth-order valence-corrected chi connectivity index (χ4v) is 2.94. The molecule has 0 atom stereocenters. The van der Waals surface area contributed by atoms with Crippen LogP contribution in [0.3, 0.4) is 0 Å². The maximum absolute atomic E-state index is 11.3. The van der Waals surface area contributed by atoms with Gasteiger partial charge in [0.15, 0.2) is 5.16 Å². The van der Waals surface area contributed by atoms with Gasteiger partial charge in [0.2, 0.25) is 5.91 Å². The topological polar surface area (TPSA) is 89.0 Å². The molecule has 7 nitrogen and oxygen atoms in total. The molecule has 1 aromatic carbocycles. The van der Waals surface area contributed by atoms with Gasteiger partial charge in [0, 0.05) is 24.9 Å². The van der Waals surface area contributed by atoms with Gasteiger partial charge in [-0.2, -0.15) is 0 Å². The van der Waals surface area contributed by atoms with Crippen molar-refractivity contribution in [2.45, 2.75) is 18.0 Å². The number of benzene rings is 1. The largest absolute Gasteiger partial charge is 0.493 e. The fraction of sp³-hybridized carbons (Fsp3) is 0.357. The van der Waals surface area contributed by atoms with Crippen LogP contribution in [0.25, 0.3) is 0 Å². The molecule has 0 bridgehead atoms. The number of carbonyl (C=O) groups is 1. The van der Waals surface area contributed by atoms with Crippen molar-refractivity contribution < 1.29 is 9.53 Å². The molecule has 2 N–H and O–H groups in total. The average molecular weight is 320 g/mol. The van der Waals surface area contributed by atoms with E-state index in [4.69, 9.17) is 4.74 Å². The summed E-state index contributed by atoms with van der Waals surface area (Å²) >= 11 is 1.45. The van der Waals surface area contributed by atoms with Crippen molar-refractivity contribution in [3.8, 4) is 5.75 Å². The molecule has 2 aromatic rings. The minimum absolute atomic E-state index is 0.0576. The summed E-state index contributed by atoms with van der Waals surface area (Å²) in [5.74, 6) is 1.53. The van der Waals surface area contributed by atoms with Crippen LogP contribution in [0, 0.1) is 0 Å². The third-order valence-electron chi connectivity index (χ3n) is 3.39. The molecule has 2 heterocycles. The van der Waals surface area contributed by atoms with Crippen molar-refractivity contribution in [1.29, 1.82) is 0 Å². The fourth-order valence-electron chi connectivity index (χ4n) is 2.20. The molecular weight excluding hydrogens is 304 g/mol. The molecule has 0 aliphatic carbocycles. The number of nitrogens with one attached hydrogen (secondary N) is 2. The first-order chi connectivity index (χ1) is 10.6. The summed E-state index contributed by atoms with van der Waals surface area (Å²) in [7, 11) is 1.67. The first-order valence-electron chi connectivity index (χ1n) is 6.93. The Morgan fingerprint density at radius 3 is 3.00 bits per heavy atom. The number of thioether (sulfide) groups is 1. The second kappa shape index (κ2) is 6.27. The highest BCUT2D eigenvalue weighted by Crippen LogP contribution is 2.27. The lowest BCUT2D eigenvalue weighted by Crippen LogP contribution is -2.18. The first kappa shape index (κ1) is 14.7. The summed E-state index contributed by atoms with van der Waals surface area (Å²) in [5, 5.41) is 9.79. The maximum atomic E-state index is 11.3. The van der Waals surface area contributed by atoms with Crippen LogP contribution in [0.2, 0.25) is 0 Å². The zero-order valence-corrected chi connectivity index (χ0v) is 12.9. The van der Waals surface area contributed by atoms with Crippen LogP contribution in [0.1, 0.15) is 12.0 Å². The van der Waals surface area contributed by atoms with Gasteiger partial charge >= 0.3 is 5.69 Å². The monoisotopic (exact) mass is 320 g/mol. The van der Waals surface area contributed by atoms with E-state index in [0.717, 1.165) is 23.4 Å². The van der Waals surface area contributed by atoms with Crippen molar-refractivity contribution in [2.75, 3.05) is 17.7 Å². The Hall–Kier alpha value is -2.22. The molecule has 1 amide bonds. The van der Waals surface area contributed by atoms with E-state index in [1.807, 2.05) is 18.2 Å². The predicted molar refractivity (Wildman–Crippen MR) is 83.4 cm³/mol. The Kier molecular flexibility index (Phi) is 4.19. The minimum Gasteiger partial charge on any atom is -0.493 e. The van der Waals surface area contributed by atoms with Gasteiger partial charge in [-0.05, 0) is 30.2 Å². The molecule has 22 heavy (non-hydrogen) atoms. The van der Waals surface area contributed by atoms with Gasteiger partial charge in [-0.1, -0.05) is 11.8 Å². The summed E-state index contributed by atoms with van der Waals surface area (Å²) in [6, 6.07) is 5.68. The Morgan fingerprint density at radius 2 is 2.23 bits per heavy atom. The van der Waals surface area contributed by atoms with Crippen LogP contribution in [0.4, 0.5) is 5.69 Å². The van der Waals surface area contributed by atoms with Crippen molar-refractivity contribution in [2.24, 2.45) is 7.05 Å². The van der Waals surface area contributed by atoms with E-state index in [-0.39, 0.29) is 11.6 Å². The number of rotatable bonds is 5. The number of anilines is 1. The first-order valence-corrected chi connectivity index (χ1v) is 7.92. The Balaban J connectivity index is 1.53. The normalized spacial score (nSPS) is 13.6. The van der Waals surface area contributed by atoms with Crippen molar-refractivity contribution in [1.82, 2.24) is 14.8 Å². The van der Waals surface area contributed by atoms with Crippen molar-refractivity contribution in [3.63, 3.8) is 0 Å². The predicted octanol–water partition coefficient (Wildman–Crippen LogP) is 1.16. The average Bonchev–Trinajstić information content (AvgIpc) is 2.83. The van der Waals surface area contributed by atoms with Gasteiger partial charge in [-0.25, -0.2) is 9.89 Å². The van der Waals surface area contributed by atoms with Crippen LogP contribution >= 0.6 is 11.8 Å². The van der Waals surface area contributed by atoms with Gasteiger partial charge in [-0.3, -0.25) is 9.36 Å². The van der Waals surface area contributed by atoms with Crippen LogP contribution in [0.15, 0.2) is 28.2 Å². The second-order valence-corrected chi connectivity index (χ2v) is 6.00. The van der Waals surface area contributed by atoms with E-state index < -0.39 is 0 Å². The van der Waals surface area contributed by atoms with Crippen LogP contribution in [-0.4, -0.2) is 33.0 Å². The standard InChI is InChI=1S/C14H16N4O3S/c1-18-13(20)16-17-14(18)22-7-6-21-10-3-4-11-9(8-10)2-5-12(19)15-11/h3-4,8H,2,5-7H2,1H3,(H,15,19)(H,16,20). The number of carbonyl (C=O) groups excluding carboxylic acids is 1. The highest BCUT2D eigenvalue weighted by atomic mass is 32.2. The molecule has 0 unspecified atom stereocenters. The van der Waals surface area contributed by atoms with Crippen LogP contribution < -0.4 is 15.7 Å². The number of fused-ring (bicyclic) bond motifs is 1. The molecule has 0 saturated carbocycles. The molecule has 116 valence electrons. The summed E-state index contributed by atoms with van der Waals surface area (Å²) in [6.45, 7) is 0.511. The number of nitrogens with zero attached hydrogens (tertiary/aromatic N) is 2. The SMILES string of the molecule is Cn1c(SCCOc2ccc3c(c2)CCC(=O)N3)n[nH]c1=O. The molecule has 8 heteroatoms. The highest BCUT2D eigenvalue weighted by Gasteiger charge is 2.15. The number of amides is 1. The second-order valence-electron chi connectivity index (χ2n) is 4.93. The number of hydrogen-bond acceptors (Lipinski definition) is 5. The van der Waals surface area contributed by atoms with Crippen LogP contribution in [0.5, 0.6) is 5.75 Å². The molecular formula is C14H16N4O3S. The number of ether oxygens (including phenoxy) is 1. The molecule has 0 fully saturated rings. The van der Waals surface area contributed by atoms with Crippen molar-refractivity contribution >= 4 is 23.4 Å². The highest BCUT2D eigenvalue weighted by molar-refractivity contribution is 7.99. The minimum atomic E-state index is -0.222. The lowest BCUT2D eigenvalue weighted by atomic mass is 10.0. The number of hydrogen-bond donors (Lipinski definition) is 2. The van der Waals surface area contributed by atoms with E-state index in [1.165, 1.54) is 16.3 Å². The van der Waals surface area contributed by atoms with Crippen LogP contribution in [-0.2, 0) is 18.3 Å². The van der Waals surface area contributed by atoms with Gasteiger partial charge in [0.05, 0.1) is 6.61 Å². The summed E-state index contributed by atoms with van der Waals surface area (Å²) in [4.78, 5) is 22.5. The van der Waals surface area contributed by atoms with E-state index >= 15 is 0 Å². The molecule has 0 spiro atoms. The van der Waals surface area contributed by atoms with Gasteiger partial charge in [-0.15, -0.1) is 5.10 Å². The molecule has 0 radical (unpaired) electrons. The third kappa shape index (κ3) is 3.16. The lowest BCUT2D eigenvalue weighted by molar-refractivity contribution is -0.116. The Morgan fingerprint density at radius 1 is 1.36 bits per heavy atom. The molecule has 1 aliphatic rings. The van der Waals surface area contributed by atoms with Gasteiger partial charge < -0.3 is 10.1 Å². The van der Waals surface area contributed by atoms with E-state index in [0.29, 0.717) is 23.9 Å². The molecule has 0 saturated heterocycles. The van der Waals surface area contributed by atoms with E-state index in [1.54, 1.807) is 7.05 Å². The smallest absolute Gasteiger partial charge is 0.343 e. The maximum Gasteiger partial charge on any atom is 0.343 e. The quantitative estimate of drug-likeness (QED) is 0.637. The summed E-state index contributed by atoms with van der Waals surface area (Å²) in [6.07, 6.45) is 1.25. The number of aromatic nitrogens is 3. The van der Waals surface area contributed by atoms with Crippen molar-refractivity contribution in [3.05, 3.63) is 34.2 Å². The van der Waals surface area contributed by atoms with Gasteiger partial charge in [0.25, 0.3) is 0 Å². The summed E-state index contributed by atoms with van der Waals surface area (Å²) < 4.78 is 7.17. The molecule has 1 aliphatic heterocycles. The summed E-state index contributed by atoms with van der Waals surface area (Å²) in [5.41, 5.74) is 1.74. The number of aryl methyl sites for hydroxylation is 1. The Labute approximate surface area is 131 Å².